The Balaban J connectivity index is 1.15. The van der Waals surface area contributed by atoms with Gasteiger partial charge in [0.05, 0.1) is 47.8 Å². The van der Waals surface area contributed by atoms with Crippen molar-refractivity contribution >= 4 is 28.4 Å². The van der Waals surface area contributed by atoms with Crippen molar-refractivity contribution in [3.05, 3.63) is 59.5 Å². The van der Waals surface area contributed by atoms with Gasteiger partial charge in [0.15, 0.2) is 0 Å². The SMILES string of the molecule is CC(=O)N1CCN(CC(=O)N2CCC(NCc3ccc4c(c3)cc(C#CCNc3ccc(C(C)(C)C#N)nc3)n4CC(F)(F)F)CC2)CC1. The van der Waals surface area contributed by atoms with Crippen LogP contribution in [-0.4, -0.2) is 101 Å². The zero-order valence-electron chi connectivity index (χ0n) is 28.2. The van der Waals surface area contributed by atoms with Crippen LogP contribution in [0.1, 0.15) is 50.6 Å². The third-order valence-electron chi connectivity index (χ3n) is 9.20. The van der Waals surface area contributed by atoms with Gasteiger partial charge in [-0.05, 0) is 68.5 Å². The van der Waals surface area contributed by atoms with Gasteiger partial charge in [0.25, 0.3) is 0 Å². The first-order valence-electron chi connectivity index (χ1n) is 16.6. The predicted octanol–water partition coefficient (Wildman–Crippen LogP) is 4.11. The first kappa shape index (κ1) is 35.7. The molecular weight excluding hydrogens is 633 g/mol. The van der Waals surface area contributed by atoms with Crippen LogP contribution in [0.4, 0.5) is 18.9 Å². The molecule has 2 saturated heterocycles. The fourth-order valence-corrected chi connectivity index (χ4v) is 6.20. The van der Waals surface area contributed by atoms with Crippen molar-refractivity contribution in [1.82, 2.24) is 29.6 Å². The first-order valence-corrected chi connectivity index (χ1v) is 16.6. The summed E-state index contributed by atoms with van der Waals surface area (Å²) in [4.78, 5) is 34.6. The number of piperazine rings is 1. The number of nitrogens with one attached hydrogen (secondary N) is 2. The Kier molecular flexibility index (Phi) is 11.2. The van der Waals surface area contributed by atoms with E-state index in [1.54, 1.807) is 56.1 Å². The number of likely N-dealkylation sites (tertiary alicyclic amines) is 1. The van der Waals surface area contributed by atoms with Crippen LogP contribution in [0.2, 0.25) is 0 Å². The summed E-state index contributed by atoms with van der Waals surface area (Å²) in [6, 6.07) is 13.2. The second-order valence-electron chi connectivity index (χ2n) is 13.3. The van der Waals surface area contributed by atoms with Crippen LogP contribution in [0.25, 0.3) is 10.9 Å². The average Bonchev–Trinajstić information content (AvgIpc) is 3.41. The number of carbonyl (C=O) groups is 2. The number of pyridine rings is 1. The van der Waals surface area contributed by atoms with Gasteiger partial charge in [-0.2, -0.15) is 18.4 Å². The second-order valence-corrected chi connectivity index (χ2v) is 13.3. The highest BCUT2D eigenvalue weighted by Crippen LogP contribution is 2.27. The molecule has 0 unspecified atom stereocenters. The van der Waals surface area contributed by atoms with Gasteiger partial charge in [0.1, 0.15) is 6.54 Å². The number of piperidine rings is 1. The number of rotatable bonds is 9. The van der Waals surface area contributed by atoms with Crippen LogP contribution >= 0.6 is 0 Å². The van der Waals surface area contributed by atoms with Crippen molar-refractivity contribution in [2.45, 2.75) is 64.3 Å². The summed E-state index contributed by atoms with van der Waals surface area (Å²) in [7, 11) is 0. The van der Waals surface area contributed by atoms with E-state index in [-0.39, 0.29) is 30.1 Å². The number of amides is 2. The Labute approximate surface area is 285 Å². The topological polar surface area (TPSA) is 110 Å². The number of aromatic nitrogens is 2. The van der Waals surface area contributed by atoms with E-state index in [0.717, 1.165) is 18.4 Å². The molecule has 13 heteroatoms. The highest BCUT2D eigenvalue weighted by Gasteiger charge is 2.30. The largest absolute Gasteiger partial charge is 0.406 e. The van der Waals surface area contributed by atoms with Crippen molar-refractivity contribution < 1.29 is 22.8 Å². The number of alkyl halides is 3. The minimum absolute atomic E-state index is 0.0686. The van der Waals surface area contributed by atoms with Crippen LogP contribution in [0.15, 0.2) is 42.6 Å². The lowest BCUT2D eigenvalue weighted by atomic mass is 9.91. The molecule has 2 amide bonds. The number of nitriles is 1. The summed E-state index contributed by atoms with van der Waals surface area (Å²) in [6.07, 6.45) is -1.16. The molecule has 0 spiro atoms. The molecule has 260 valence electrons. The Hall–Kier alpha value is -4.59. The molecule has 2 aromatic heterocycles. The Morgan fingerprint density at radius 1 is 1.00 bits per heavy atom. The number of halogens is 3. The zero-order valence-corrected chi connectivity index (χ0v) is 28.2. The zero-order chi connectivity index (χ0) is 35.2. The molecule has 3 aromatic rings. The number of hydrogen-bond acceptors (Lipinski definition) is 7. The fourth-order valence-electron chi connectivity index (χ4n) is 6.20. The van der Waals surface area contributed by atoms with Gasteiger partial charge in [-0.3, -0.25) is 19.5 Å². The summed E-state index contributed by atoms with van der Waals surface area (Å²) in [5.74, 6) is 6.02. The van der Waals surface area contributed by atoms with Crippen molar-refractivity contribution in [2.75, 3.05) is 57.7 Å². The van der Waals surface area contributed by atoms with Crippen molar-refractivity contribution in [3.8, 4) is 17.9 Å². The number of anilines is 1. The van der Waals surface area contributed by atoms with E-state index in [2.05, 4.69) is 38.4 Å². The molecule has 1 aromatic carbocycles. The smallest absolute Gasteiger partial charge is 0.373 e. The van der Waals surface area contributed by atoms with E-state index in [4.69, 9.17) is 0 Å². The maximum absolute atomic E-state index is 13.6. The van der Waals surface area contributed by atoms with Crippen molar-refractivity contribution in [2.24, 2.45) is 0 Å². The third kappa shape index (κ3) is 9.52. The summed E-state index contributed by atoms with van der Waals surface area (Å²) in [5.41, 5.74) is 2.32. The van der Waals surface area contributed by atoms with Gasteiger partial charge in [-0.25, -0.2) is 0 Å². The number of carbonyl (C=O) groups excluding carboxylic acids is 2. The molecule has 2 aliphatic rings. The molecule has 2 N–H and O–H groups in total. The van der Waals surface area contributed by atoms with E-state index < -0.39 is 18.1 Å². The Morgan fingerprint density at radius 2 is 1.73 bits per heavy atom. The summed E-state index contributed by atoms with van der Waals surface area (Å²) < 4.78 is 41.9. The van der Waals surface area contributed by atoms with E-state index in [1.807, 2.05) is 17.0 Å². The second kappa shape index (κ2) is 15.3. The Bertz CT molecular complexity index is 1730. The van der Waals surface area contributed by atoms with Gasteiger partial charge in [0, 0.05) is 69.7 Å². The lowest BCUT2D eigenvalue weighted by molar-refractivity contribution is -0.140. The van der Waals surface area contributed by atoms with Crippen molar-refractivity contribution in [1.29, 1.82) is 5.26 Å². The quantitative estimate of drug-likeness (QED) is 0.329. The third-order valence-corrected chi connectivity index (χ3v) is 9.20. The lowest BCUT2D eigenvalue weighted by Crippen LogP contribution is -2.52. The van der Waals surface area contributed by atoms with Crippen LogP contribution in [-0.2, 0) is 28.1 Å². The molecular formula is C36H43F3N8O2. The van der Waals surface area contributed by atoms with Crippen LogP contribution in [0.5, 0.6) is 0 Å². The van der Waals surface area contributed by atoms with Crippen molar-refractivity contribution in [3.63, 3.8) is 0 Å². The van der Waals surface area contributed by atoms with E-state index >= 15 is 0 Å². The molecule has 10 nitrogen and oxygen atoms in total. The number of fused-ring (bicyclic) bond motifs is 1. The Morgan fingerprint density at radius 3 is 2.37 bits per heavy atom. The first-order chi connectivity index (χ1) is 23.3. The molecule has 0 bridgehead atoms. The minimum Gasteiger partial charge on any atom is -0.373 e. The molecule has 0 saturated carbocycles. The van der Waals surface area contributed by atoms with Gasteiger partial charge in [-0.1, -0.05) is 12.0 Å². The van der Waals surface area contributed by atoms with Gasteiger partial charge < -0.3 is 25.0 Å². The summed E-state index contributed by atoms with van der Waals surface area (Å²) >= 11 is 0. The van der Waals surface area contributed by atoms with E-state index in [1.165, 1.54) is 4.57 Å². The van der Waals surface area contributed by atoms with E-state index in [0.29, 0.717) is 74.6 Å². The summed E-state index contributed by atoms with van der Waals surface area (Å²) in [5, 5.41) is 16.7. The fraction of sp³-hybridized carbons (Fsp3) is 0.500. The number of benzene rings is 1. The highest BCUT2D eigenvalue weighted by atomic mass is 19.4. The lowest BCUT2D eigenvalue weighted by Gasteiger charge is -2.37. The van der Waals surface area contributed by atoms with Crippen LogP contribution < -0.4 is 10.6 Å². The minimum atomic E-state index is -4.41. The van der Waals surface area contributed by atoms with Crippen LogP contribution in [0.3, 0.4) is 0 Å². The molecule has 5 rings (SSSR count). The molecule has 2 aliphatic heterocycles. The van der Waals surface area contributed by atoms with Gasteiger partial charge >= 0.3 is 6.18 Å². The molecule has 4 heterocycles. The normalized spacial score (nSPS) is 16.3. The highest BCUT2D eigenvalue weighted by molar-refractivity contribution is 5.83. The van der Waals surface area contributed by atoms with Gasteiger partial charge in [-0.15, -0.1) is 0 Å². The van der Waals surface area contributed by atoms with Crippen LogP contribution in [0, 0.1) is 23.2 Å². The number of hydrogen-bond donors (Lipinski definition) is 2. The molecule has 0 radical (unpaired) electrons. The summed E-state index contributed by atoms with van der Waals surface area (Å²) in [6.45, 7) is 9.17. The molecule has 2 fully saturated rings. The molecule has 0 aliphatic carbocycles. The predicted molar refractivity (Wildman–Crippen MR) is 181 cm³/mol. The maximum Gasteiger partial charge on any atom is 0.406 e. The van der Waals surface area contributed by atoms with Gasteiger partial charge in [0.2, 0.25) is 11.8 Å². The molecule has 0 atom stereocenters. The average molecular weight is 677 g/mol. The number of nitrogens with zero attached hydrogens (tertiary/aromatic N) is 6. The standard InChI is InChI=1S/C36H43F3N8O2/c1-26(48)45-17-15-44(16-18-45)23-34(49)46-13-10-29(11-14-46)42-21-27-6-8-32-28(19-27)20-31(47(32)25-36(37,38)39)5-4-12-41-30-7-9-33(43-22-30)35(2,3)24-40/h6-9,19-20,22,29,41-42H,10-18,21,23,25H2,1-3H3. The maximum atomic E-state index is 13.6. The monoisotopic (exact) mass is 676 g/mol. The molecule has 49 heavy (non-hydrogen) atoms. The van der Waals surface area contributed by atoms with E-state index in [9.17, 15) is 28.0 Å².